The van der Waals surface area contributed by atoms with Crippen LogP contribution in [0.1, 0.15) is 41.5 Å². The molecule has 0 aliphatic heterocycles. The SMILES string of the molecule is CCN(C(=O)c1ccc(C(=O)O)cc1)C(C)CS(=O)(=O)CC. The number of carboxylic acid groups (broad SMARTS) is 1. The van der Waals surface area contributed by atoms with Crippen LogP contribution in [-0.2, 0) is 9.84 Å². The van der Waals surface area contributed by atoms with Gasteiger partial charge < -0.3 is 10.0 Å². The minimum atomic E-state index is -3.18. The van der Waals surface area contributed by atoms with Gasteiger partial charge in [-0.25, -0.2) is 13.2 Å². The lowest BCUT2D eigenvalue weighted by molar-refractivity contribution is 0.0690. The lowest BCUT2D eigenvalue weighted by Gasteiger charge is -2.28. The third-order valence-corrected chi connectivity index (χ3v) is 5.32. The van der Waals surface area contributed by atoms with Crippen LogP contribution in [-0.4, -0.2) is 54.4 Å². The number of rotatable bonds is 7. The van der Waals surface area contributed by atoms with Crippen molar-refractivity contribution in [3.05, 3.63) is 35.4 Å². The molecule has 6 nitrogen and oxygen atoms in total. The fourth-order valence-electron chi connectivity index (χ4n) is 2.15. The van der Waals surface area contributed by atoms with E-state index in [1.807, 2.05) is 0 Å². The van der Waals surface area contributed by atoms with E-state index in [1.54, 1.807) is 20.8 Å². The van der Waals surface area contributed by atoms with Gasteiger partial charge >= 0.3 is 5.97 Å². The van der Waals surface area contributed by atoms with E-state index in [2.05, 4.69) is 0 Å². The van der Waals surface area contributed by atoms with Crippen LogP contribution >= 0.6 is 0 Å². The molecule has 0 radical (unpaired) electrons. The van der Waals surface area contributed by atoms with Gasteiger partial charge in [-0.05, 0) is 38.1 Å². The van der Waals surface area contributed by atoms with Gasteiger partial charge in [-0.3, -0.25) is 4.79 Å². The highest BCUT2D eigenvalue weighted by molar-refractivity contribution is 7.91. The number of hydrogen-bond donors (Lipinski definition) is 1. The number of hydrogen-bond acceptors (Lipinski definition) is 4. The highest BCUT2D eigenvalue weighted by atomic mass is 32.2. The zero-order valence-electron chi connectivity index (χ0n) is 12.9. The monoisotopic (exact) mass is 327 g/mol. The minimum Gasteiger partial charge on any atom is -0.478 e. The molecule has 7 heteroatoms. The van der Waals surface area contributed by atoms with E-state index in [9.17, 15) is 18.0 Å². The quantitative estimate of drug-likeness (QED) is 0.822. The van der Waals surface area contributed by atoms with Crippen LogP contribution in [0.15, 0.2) is 24.3 Å². The fraction of sp³-hybridized carbons (Fsp3) is 0.467. The molecule has 1 N–H and O–H groups in total. The Labute approximate surface area is 130 Å². The number of carbonyl (C=O) groups is 2. The summed E-state index contributed by atoms with van der Waals surface area (Å²) in [6.45, 7) is 5.42. The first-order valence-corrected chi connectivity index (χ1v) is 8.88. The molecule has 1 unspecified atom stereocenters. The van der Waals surface area contributed by atoms with Crippen molar-refractivity contribution < 1.29 is 23.1 Å². The molecule has 0 bridgehead atoms. The predicted octanol–water partition coefficient (Wildman–Crippen LogP) is 1.67. The number of amides is 1. The average molecular weight is 327 g/mol. The summed E-state index contributed by atoms with van der Waals surface area (Å²) >= 11 is 0. The van der Waals surface area contributed by atoms with E-state index >= 15 is 0 Å². The molecule has 1 aromatic carbocycles. The molecule has 1 atom stereocenters. The maximum atomic E-state index is 12.5. The molecule has 0 heterocycles. The second kappa shape index (κ2) is 7.40. The zero-order chi connectivity index (χ0) is 16.9. The van der Waals surface area contributed by atoms with Gasteiger partial charge in [0.25, 0.3) is 5.91 Å². The van der Waals surface area contributed by atoms with Crippen molar-refractivity contribution in [2.75, 3.05) is 18.1 Å². The van der Waals surface area contributed by atoms with Gasteiger partial charge in [-0.1, -0.05) is 6.92 Å². The average Bonchev–Trinajstić information content (AvgIpc) is 2.47. The highest BCUT2D eigenvalue weighted by Crippen LogP contribution is 2.12. The Hall–Kier alpha value is -1.89. The van der Waals surface area contributed by atoms with Gasteiger partial charge in [-0.15, -0.1) is 0 Å². The first-order valence-electron chi connectivity index (χ1n) is 7.06. The van der Waals surface area contributed by atoms with Crippen molar-refractivity contribution in [2.45, 2.75) is 26.8 Å². The van der Waals surface area contributed by atoms with Gasteiger partial charge in [0.05, 0.1) is 11.3 Å². The minimum absolute atomic E-state index is 0.0381. The second-order valence-electron chi connectivity index (χ2n) is 5.02. The first-order chi connectivity index (χ1) is 10.2. The zero-order valence-corrected chi connectivity index (χ0v) is 13.8. The van der Waals surface area contributed by atoms with Crippen molar-refractivity contribution in [1.29, 1.82) is 0 Å². The third-order valence-electron chi connectivity index (χ3n) is 3.45. The molecule has 22 heavy (non-hydrogen) atoms. The van der Waals surface area contributed by atoms with E-state index < -0.39 is 21.8 Å². The molecule has 122 valence electrons. The Morgan fingerprint density at radius 1 is 1.14 bits per heavy atom. The molecule has 0 saturated carbocycles. The summed E-state index contributed by atoms with van der Waals surface area (Å²) in [5.41, 5.74) is 0.439. The van der Waals surface area contributed by atoms with Crippen LogP contribution in [0.4, 0.5) is 0 Å². The molecule has 0 saturated heterocycles. The Morgan fingerprint density at radius 2 is 1.64 bits per heavy atom. The van der Waals surface area contributed by atoms with E-state index in [1.165, 1.54) is 29.2 Å². The molecule has 1 rings (SSSR count). The number of carboxylic acids is 1. The van der Waals surface area contributed by atoms with E-state index in [4.69, 9.17) is 5.11 Å². The first kappa shape index (κ1) is 18.2. The van der Waals surface area contributed by atoms with Crippen LogP contribution in [0.2, 0.25) is 0 Å². The number of sulfone groups is 1. The summed E-state index contributed by atoms with van der Waals surface area (Å²) in [6.07, 6.45) is 0. The summed E-state index contributed by atoms with van der Waals surface area (Å²) < 4.78 is 23.4. The van der Waals surface area contributed by atoms with Crippen molar-refractivity contribution in [2.24, 2.45) is 0 Å². The Kier molecular flexibility index (Phi) is 6.11. The van der Waals surface area contributed by atoms with Crippen molar-refractivity contribution in [3.63, 3.8) is 0 Å². The number of carbonyl (C=O) groups excluding carboxylic acids is 1. The topological polar surface area (TPSA) is 91.8 Å². The lowest BCUT2D eigenvalue weighted by atomic mass is 10.1. The van der Waals surface area contributed by atoms with Crippen molar-refractivity contribution in [1.82, 2.24) is 4.90 Å². The molecule has 0 aromatic heterocycles. The third kappa shape index (κ3) is 4.56. The Bertz CT molecular complexity index is 636. The molecule has 0 aliphatic rings. The van der Waals surface area contributed by atoms with E-state index in [-0.39, 0.29) is 23.0 Å². The molecule has 1 aromatic rings. The maximum absolute atomic E-state index is 12.5. The summed E-state index contributed by atoms with van der Waals surface area (Å²) in [5, 5.41) is 8.85. The van der Waals surface area contributed by atoms with Gasteiger partial charge in [0.2, 0.25) is 0 Å². The summed E-state index contributed by atoms with van der Waals surface area (Å²) in [7, 11) is -3.18. The summed E-state index contributed by atoms with van der Waals surface area (Å²) in [4.78, 5) is 24.7. The molecule has 0 aliphatic carbocycles. The lowest BCUT2D eigenvalue weighted by Crippen LogP contribution is -2.42. The molecular weight excluding hydrogens is 306 g/mol. The normalized spacial score (nSPS) is 12.7. The van der Waals surface area contributed by atoms with Crippen LogP contribution in [0.25, 0.3) is 0 Å². The van der Waals surface area contributed by atoms with Crippen LogP contribution in [0.5, 0.6) is 0 Å². The van der Waals surface area contributed by atoms with Gasteiger partial charge in [0.1, 0.15) is 0 Å². The maximum Gasteiger partial charge on any atom is 0.335 e. The van der Waals surface area contributed by atoms with E-state index in [0.29, 0.717) is 12.1 Å². The standard InChI is InChI=1S/C15H21NO5S/c1-4-16(11(3)10-22(20,21)5-2)14(17)12-6-8-13(9-7-12)15(18)19/h6-9,11H,4-5,10H2,1-3H3,(H,18,19). The molecule has 1 amide bonds. The molecule has 0 fully saturated rings. The summed E-state index contributed by atoms with van der Waals surface area (Å²) in [5.74, 6) is -1.42. The fourth-order valence-corrected chi connectivity index (χ4v) is 3.30. The molecule has 0 spiro atoms. The van der Waals surface area contributed by atoms with Gasteiger partial charge in [0.15, 0.2) is 9.84 Å². The summed E-state index contributed by atoms with van der Waals surface area (Å²) in [6, 6.07) is 5.15. The highest BCUT2D eigenvalue weighted by Gasteiger charge is 2.24. The Morgan fingerprint density at radius 3 is 2.05 bits per heavy atom. The Balaban J connectivity index is 2.94. The smallest absolute Gasteiger partial charge is 0.335 e. The van der Waals surface area contributed by atoms with Crippen LogP contribution in [0, 0.1) is 0 Å². The van der Waals surface area contributed by atoms with Crippen molar-refractivity contribution in [3.8, 4) is 0 Å². The van der Waals surface area contributed by atoms with Gasteiger partial charge in [0, 0.05) is 23.9 Å². The second-order valence-corrected chi connectivity index (χ2v) is 7.42. The predicted molar refractivity (Wildman–Crippen MR) is 83.9 cm³/mol. The van der Waals surface area contributed by atoms with Crippen molar-refractivity contribution >= 4 is 21.7 Å². The van der Waals surface area contributed by atoms with Gasteiger partial charge in [-0.2, -0.15) is 0 Å². The van der Waals surface area contributed by atoms with E-state index in [0.717, 1.165) is 0 Å². The van der Waals surface area contributed by atoms with Crippen LogP contribution in [0.3, 0.4) is 0 Å². The number of benzene rings is 1. The number of nitrogens with zero attached hydrogens (tertiary/aromatic N) is 1. The molecular formula is C15H21NO5S. The number of aromatic carboxylic acids is 1. The van der Waals surface area contributed by atoms with Crippen LogP contribution < -0.4 is 0 Å². The largest absolute Gasteiger partial charge is 0.478 e.